The molecule has 0 saturated carbocycles. The molecule has 0 saturated heterocycles. The molecule has 0 fully saturated rings. The Kier molecular flexibility index (Phi) is 5.52. The molecule has 6 aromatic carbocycles. The number of nitrogens with zero attached hydrogens (tertiary/aromatic N) is 2. The van der Waals surface area contributed by atoms with Crippen LogP contribution in [0.5, 0.6) is 0 Å². The summed E-state index contributed by atoms with van der Waals surface area (Å²) in [6.07, 6.45) is 0. The van der Waals surface area contributed by atoms with Crippen LogP contribution in [0.25, 0.3) is 55.0 Å². The fourth-order valence-electron chi connectivity index (χ4n) is 6.25. The Hall–Kier alpha value is -5.52. The van der Waals surface area contributed by atoms with Crippen molar-refractivity contribution in [3.8, 4) is 23.2 Å². The van der Waals surface area contributed by atoms with Crippen LogP contribution >= 0.6 is 0 Å². The number of rotatable bonds is 2. The molecule has 0 unspecified atom stereocenters. The minimum absolute atomic E-state index is 0.997. The zero-order chi connectivity index (χ0) is 28.2. The highest BCUT2D eigenvalue weighted by Crippen LogP contribution is 2.34. The minimum Gasteiger partial charge on any atom is -0.309 e. The average Bonchev–Trinajstić information content (AvgIpc) is 3.52. The first-order chi connectivity index (χ1) is 20.6. The van der Waals surface area contributed by atoms with Gasteiger partial charge in [-0.1, -0.05) is 72.5 Å². The number of hydrogen-bond donors (Lipinski definition) is 0. The Labute approximate surface area is 245 Å². The molecular weight excluding hydrogens is 508 g/mol. The number of para-hydroxylation sites is 2. The van der Waals surface area contributed by atoms with Crippen LogP contribution in [0.15, 0.2) is 133 Å². The molecule has 0 bridgehead atoms. The van der Waals surface area contributed by atoms with Crippen molar-refractivity contribution < 1.29 is 0 Å². The standard InChI is InChI=1S/C40H28N2/c1-27-11-23-35-36-24-12-28(2)26-40(36)42(39(35)25-27)32-21-17-30(18-22-32)14-13-29-15-19-31(20-16-29)41-37-9-5-3-7-33(37)34-8-4-6-10-38(34)41/h3-12,15-26H,1-2H3. The van der Waals surface area contributed by atoms with Crippen LogP contribution in [-0.2, 0) is 0 Å². The average molecular weight is 537 g/mol. The summed E-state index contributed by atoms with van der Waals surface area (Å²) in [5.41, 5.74) is 11.7. The zero-order valence-electron chi connectivity index (χ0n) is 23.6. The summed E-state index contributed by atoms with van der Waals surface area (Å²) < 4.78 is 4.70. The van der Waals surface area contributed by atoms with Gasteiger partial charge in [0.15, 0.2) is 0 Å². The van der Waals surface area contributed by atoms with E-state index in [2.05, 4.69) is 168 Å². The van der Waals surface area contributed by atoms with Crippen molar-refractivity contribution in [3.05, 3.63) is 156 Å². The van der Waals surface area contributed by atoms with Crippen LogP contribution < -0.4 is 0 Å². The topological polar surface area (TPSA) is 9.86 Å². The third kappa shape index (κ3) is 3.91. The summed E-state index contributed by atoms with van der Waals surface area (Å²) >= 11 is 0. The van der Waals surface area contributed by atoms with Gasteiger partial charge in [-0.2, -0.15) is 0 Å². The Morgan fingerprint density at radius 1 is 0.381 bits per heavy atom. The molecule has 8 aromatic rings. The first-order valence-electron chi connectivity index (χ1n) is 14.4. The van der Waals surface area contributed by atoms with E-state index in [1.807, 2.05) is 0 Å². The molecule has 0 aliphatic rings. The number of aryl methyl sites for hydroxylation is 2. The molecule has 2 aromatic heterocycles. The van der Waals surface area contributed by atoms with Crippen molar-refractivity contribution >= 4 is 43.6 Å². The second-order valence-corrected chi connectivity index (χ2v) is 11.1. The van der Waals surface area contributed by atoms with Crippen molar-refractivity contribution in [2.75, 3.05) is 0 Å². The Balaban J connectivity index is 1.13. The van der Waals surface area contributed by atoms with Crippen molar-refractivity contribution in [3.63, 3.8) is 0 Å². The lowest BCUT2D eigenvalue weighted by molar-refractivity contribution is 1.17. The lowest BCUT2D eigenvalue weighted by Crippen LogP contribution is -1.94. The maximum absolute atomic E-state index is 3.37. The lowest BCUT2D eigenvalue weighted by Gasteiger charge is -2.09. The molecule has 0 aliphatic carbocycles. The second kappa shape index (κ2) is 9.54. The van der Waals surface area contributed by atoms with Gasteiger partial charge < -0.3 is 9.13 Å². The molecule has 0 amide bonds. The molecule has 2 heterocycles. The summed E-state index contributed by atoms with van der Waals surface area (Å²) in [5.74, 6) is 6.74. The number of benzene rings is 6. The lowest BCUT2D eigenvalue weighted by atomic mass is 10.1. The smallest absolute Gasteiger partial charge is 0.0543 e. The van der Waals surface area contributed by atoms with E-state index >= 15 is 0 Å². The van der Waals surface area contributed by atoms with E-state index in [1.54, 1.807) is 0 Å². The maximum Gasteiger partial charge on any atom is 0.0543 e. The Morgan fingerprint density at radius 2 is 0.762 bits per heavy atom. The van der Waals surface area contributed by atoms with Crippen molar-refractivity contribution in [2.24, 2.45) is 0 Å². The van der Waals surface area contributed by atoms with Gasteiger partial charge in [0, 0.05) is 44.0 Å². The third-order valence-corrected chi connectivity index (χ3v) is 8.26. The first-order valence-corrected chi connectivity index (χ1v) is 14.4. The van der Waals surface area contributed by atoms with E-state index in [9.17, 15) is 0 Å². The fourth-order valence-corrected chi connectivity index (χ4v) is 6.25. The van der Waals surface area contributed by atoms with E-state index in [0.717, 1.165) is 22.5 Å². The zero-order valence-corrected chi connectivity index (χ0v) is 23.6. The monoisotopic (exact) mass is 536 g/mol. The van der Waals surface area contributed by atoms with Gasteiger partial charge in [0.1, 0.15) is 0 Å². The highest BCUT2D eigenvalue weighted by atomic mass is 15.0. The van der Waals surface area contributed by atoms with Crippen LogP contribution in [0.2, 0.25) is 0 Å². The fraction of sp³-hybridized carbons (Fsp3) is 0.0500. The predicted octanol–water partition coefficient (Wildman–Crippen LogP) is 9.90. The molecule has 198 valence electrons. The molecule has 2 nitrogen and oxygen atoms in total. The summed E-state index contributed by atoms with van der Waals surface area (Å²) in [4.78, 5) is 0. The second-order valence-electron chi connectivity index (χ2n) is 11.1. The molecule has 2 heteroatoms. The predicted molar refractivity (Wildman–Crippen MR) is 177 cm³/mol. The summed E-state index contributed by atoms with van der Waals surface area (Å²) in [6, 6.07) is 47.8. The maximum atomic E-state index is 3.37. The van der Waals surface area contributed by atoms with Gasteiger partial charge in [-0.15, -0.1) is 0 Å². The van der Waals surface area contributed by atoms with E-state index in [-0.39, 0.29) is 0 Å². The van der Waals surface area contributed by atoms with Crippen molar-refractivity contribution in [2.45, 2.75) is 13.8 Å². The molecule has 0 N–H and O–H groups in total. The van der Waals surface area contributed by atoms with Gasteiger partial charge in [0.05, 0.1) is 22.1 Å². The molecule has 8 rings (SSSR count). The molecule has 0 radical (unpaired) electrons. The quantitative estimate of drug-likeness (QED) is 0.195. The molecule has 42 heavy (non-hydrogen) atoms. The van der Waals surface area contributed by atoms with Crippen LogP contribution in [0.3, 0.4) is 0 Å². The van der Waals surface area contributed by atoms with Crippen LogP contribution in [0.1, 0.15) is 22.3 Å². The van der Waals surface area contributed by atoms with Gasteiger partial charge in [-0.3, -0.25) is 0 Å². The van der Waals surface area contributed by atoms with E-state index in [4.69, 9.17) is 0 Å². The first kappa shape index (κ1) is 24.3. The molecule has 0 spiro atoms. The van der Waals surface area contributed by atoms with E-state index in [1.165, 1.54) is 54.7 Å². The van der Waals surface area contributed by atoms with E-state index < -0.39 is 0 Å². The number of aromatic nitrogens is 2. The Bertz CT molecular complexity index is 2240. The number of hydrogen-bond acceptors (Lipinski definition) is 0. The third-order valence-electron chi connectivity index (χ3n) is 8.26. The largest absolute Gasteiger partial charge is 0.309 e. The summed E-state index contributed by atoms with van der Waals surface area (Å²) in [7, 11) is 0. The van der Waals surface area contributed by atoms with Crippen LogP contribution in [-0.4, -0.2) is 9.13 Å². The molecular formula is C40H28N2. The van der Waals surface area contributed by atoms with Gasteiger partial charge in [0.2, 0.25) is 0 Å². The summed E-state index contributed by atoms with van der Waals surface area (Å²) in [6.45, 7) is 4.31. The summed E-state index contributed by atoms with van der Waals surface area (Å²) in [5, 5.41) is 5.10. The van der Waals surface area contributed by atoms with Crippen molar-refractivity contribution in [1.29, 1.82) is 0 Å². The normalized spacial score (nSPS) is 11.4. The van der Waals surface area contributed by atoms with Gasteiger partial charge >= 0.3 is 0 Å². The van der Waals surface area contributed by atoms with Gasteiger partial charge in [-0.05, 0) is 97.8 Å². The van der Waals surface area contributed by atoms with Gasteiger partial charge in [0.25, 0.3) is 0 Å². The van der Waals surface area contributed by atoms with Crippen LogP contribution in [0.4, 0.5) is 0 Å². The van der Waals surface area contributed by atoms with Crippen LogP contribution in [0, 0.1) is 25.7 Å². The SMILES string of the molecule is Cc1ccc2c3ccc(C)cc3n(-c3ccc(C#Cc4ccc(-n5c6ccccc6c6ccccc65)cc4)cc3)c2c1. The molecule has 0 atom stereocenters. The Morgan fingerprint density at radius 3 is 1.21 bits per heavy atom. The molecule has 0 aliphatic heterocycles. The highest BCUT2D eigenvalue weighted by Gasteiger charge is 2.13. The van der Waals surface area contributed by atoms with E-state index in [0.29, 0.717) is 0 Å². The number of fused-ring (bicyclic) bond motifs is 6. The van der Waals surface area contributed by atoms with Gasteiger partial charge in [-0.25, -0.2) is 0 Å². The highest BCUT2D eigenvalue weighted by molar-refractivity contribution is 6.10. The minimum atomic E-state index is 0.997. The van der Waals surface area contributed by atoms with Crippen molar-refractivity contribution in [1.82, 2.24) is 9.13 Å².